The fourth-order valence-corrected chi connectivity index (χ4v) is 4.22. The number of halogens is 1. The van der Waals surface area contributed by atoms with Crippen LogP contribution in [0.25, 0.3) is 6.08 Å². The third-order valence-corrected chi connectivity index (χ3v) is 5.89. The van der Waals surface area contributed by atoms with Gasteiger partial charge in [0.15, 0.2) is 0 Å². The van der Waals surface area contributed by atoms with Gasteiger partial charge >= 0.3 is 0 Å². The lowest BCUT2D eigenvalue weighted by Crippen LogP contribution is -2.44. The smallest absolute Gasteiger partial charge is 0.248 e. The average molecular weight is 420 g/mol. The maximum absolute atomic E-state index is 12.1. The molecule has 1 aromatic heterocycles. The van der Waals surface area contributed by atoms with Crippen LogP contribution < -0.4 is 10.2 Å². The van der Waals surface area contributed by atoms with Gasteiger partial charge in [0, 0.05) is 48.5 Å². The molecule has 132 valence electrons. The summed E-state index contributed by atoms with van der Waals surface area (Å²) in [6.45, 7) is 6.36. The van der Waals surface area contributed by atoms with Crippen molar-refractivity contribution in [3.8, 4) is 0 Å². The van der Waals surface area contributed by atoms with Gasteiger partial charge in [0.05, 0.1) is 3.79 Å². The van der Waals surface area contributed by atoms with Gasteiger partial charge in [-0.05, 0) is 71.9 Å². The van der Waals surface area contributed by atoms with Crippen molar-refractivity contribution in [2.24, 2.45) is 0 Å². The van der Waals surface area contributed by atoms with E-state index < -0.39 is 0 Å². The van der Waals surface area contributed by atoms with E-state index in [4.69, 9.17) is 0 Å². The fraction of sp³-hybridized carbons (Fsp3) is 0.316. The Bertz CT molecular complexity index is 779. The van der Waals surface area contributed by atoms with E-state index in [9.17, 15) is 4.79 Å². The first-order chi connectivity index (χ1) is 12.0. The zero-order valence-corrected chi connectivity index (χ0v) is 16.9. The number of carbonyl (C=O) groups is 1. The molecule has 1 saturated heterocycles. The quantitative estimate of drug-likeness (QED) is 0.753. The molecule has 6 heteroatoms. The lowest BCUT2D eigenvalue weighted by Gasteiger charge is -2.35. The zero-order chi connectivity index (χ0) is 17.8. The summed E-state index contributed by atoms with van der Waals surface area (Å²) in [5.74, 6) is -0.115. The second-order valence-corrected chi connectivity index (χ2v) is 8.75. The number of anilines is 2. The number of amides is 1. The summed E-state index contributed by atoms with van der Waals surface area (Å²) in [6.07, 6.45) is 3.40. The molecule has 25 heavy (non-hydrogen) atoms. The summed E-state index contributed by atoms with van der Waals surface area (Å²) >= 11 is 5.02. The summed E-state index contributed by atoms with van der Waals surface area (Å²) in [5, 5.41) is 2.94. The molecule has 3 rings (SSSR count). The van der Waals surface area contributed by atoms with Gasteiger partial charge in [-0.1, -0.05) is 0 Å². The number of hydrogen-bond donors (Lipinski definition) is 1. The van der Waals surface area contributed by atoms with Gasteiger partial charge in [0.1, 0.15) is 0 Å². The molecule has 0 saturated carbocycles. The number of rotatable bonds is 4. The van der Waals surface area contributed by atoms with Crippen LogP contribution in [-0.2, 0) is 4.79 Å². The monoisotopic (exact) mass is 419 g/mol. The molecule has 0 unspecified atom stereocenters. The Labute approximate surface area is 161 Å². The van der Waals surface area contributed by atoms with Crippen molar-refractivity contribution in [1.82, 2.24) is 4.90 Å². The van der Waals surface area contributed by atoms with Crippen molar-refractivity contribution in [2.75, 3.05) is 43.4 Å². The largest absolute Gasteiger partial charge is 0.369 e. The summed E-state index contributed by atoms with van der Waals surface area (Å²) < 4.78 is 1.06. The molecule has 0 aliphatic carbocycles. The third kappa shape index (κ3) is 4.93. The number of likely N-dealkylation sites (N-methyl/N-ethyl adjacent to an activating group) is 1. The number of benzene rings is 1. The maximum Gasteiger partial charge on any atom is 0.248 e. The second-order valence-electron chi connectivity index (χ2n) is 6.26. The normalized spacial score (nSPS) is 15.7. The molecule has 0 bridgehead atoms. The topological polar surface area (TPSA) is 35.6 Å². The Kier molecular flexibility index (Phi) is 5.93. The number of carbonyl (C=O) groups excluding carboxylic acids is 1. The maximum atomic E-state index is 12.1. The SMILES string of the molecule is Cc1cc(NC(=O)/C=C/c2ccc(Br)s2)ccc1N1CCN(C)CC1. The molecule has 1 amide bonds. The highest BCUT2D eigenvalue weighted by molar-refractivity contribution is 9.11. The summed E-state index contributed by atoms with van der Waals surface area (Å²) in [6, 6.07) is 10.1. The Balaban J connectivity index is 1.62. The van der Waals surface area contributed by atoms with E-state index in [0.717, 1.165) is 40.5 Å². The number of thiophene rings is 1. The van der Waals surface area contributed by atoms with Crippen LogP contribution in [-0.4, -0.2) is 44.0 Å². The zero-order valence-electron chi connectivity index (χ0n) is 14.5. The lowest BCUT2D eigenvalue weighted by atomic mass is 10.1. The number of aryl methyl sites for hydroxylation is 1. The summed E-state index contributed by atoms with van der Waals surface area (Å²) in [5.41, 5.74) is 3.27. The van der Waals surface area contributed by atoms with E-state index in [1.165, 1.54) is 11.3 Å². The van der Waals surface area contributed by atoms with Crippen LogP contribution in [0, 0.1) is 6.92 Å². The van der Waals surface area contributed by atoms with Crippen LogP contribution in [0.1, 0.15) is 10.4 Å². The minimum Gasteiger partial charge on any atom is -0.369 e. The molecule has 1 fully saturated rings. The van der Waals surface area contributed by atoms with Crippen molar-refractivity contribution in [1.29, 1.82) is 0 Å². The molecular formula is C19H22BrN3OS. The van der Waals surface area contributed by atoms with E-state index in [1.54, 1.807) is 17.4 Å². The average Bonchev–Trinajstić information content (AvgIpc) is 3.00. The van der Waals surface area contributed by atoms with Gasteiger partial charge in [-0.15, -0.1) is 11.3 Å². The molecule has 1 aliphatic rings. The van der Waals surface area contributed by atoms with Crippen molar-refractivity contribution >= 4 is 50.6 Å². The van der Waals surface area contributed by atoms with Gasteiger partial charge < -0.3 is 15.1 Å². The molecule has 4 nitrogen and oxygen atoms in total. The number of piperazine rings is 1. The van der Waals surface area contributed by atoms with Gasteiger partial charge in [-0.25, -0.2) is 0 Å². The van der Waals surface area contributed by atoms with Crippen molar-refractivity contribution in [2.45, 2.75) is 6.92 Å². The van der Waals surface area contributed by atoms with E-state index >= 15 is 0 Å². The number of nitrogens with zero attached hydrogens (tertiary/aromatic N) is 2. The molecule has 2 heterocycles. The lowest BCUT2D eigenvalue weighted by molar-refractivity contribution is -0.111. The van der Waals surface area contributed by atoms with Crippen molar-refractivity contribution in [3.63, 3.8) is 0 Å². The molecule has 2 aromatic rings. The van der Waals surface area contributed by atoms with E-state index in [1.807, 2.05) is 30.3 Å². The minimum atomic E-state index is -0.115. The molecule has 1 aliphatic heterocycles. The van der Waals surface area contributed by atoms with Crippen LogP contribution in [0.4, 0.5) is 11.4 Å². The minimum absolute atomic E-state index is 0.115. The number of nitrogens with one attached hydrogen (secondary N) is 1. The van der Waals surface area contributed by atoms with E-state index in [0.29, 0.717) is 0 Å². The Hall–Kier alpha value is -1.63. The van der Waals surface area contributed by atoms with Crippen LogP contribution in [0.15, 0.2) is 40.2 Å². The third-order valence-electron chi connectivity index (χ3n) is 4.30. The predicted octanol–water partition coefficient (Wildman–Crippen LogP) is 4.22. The van der Waals surface area contributed by atoms with E-state index in [2.05, 4.69) is 51.1 Å². The summed E-state index contributed by atoms with van der Waals surface area (Å²) in [7, 11) is 2.16. The van der Waals surface area contributed by atoms with Crippen LogP contribution in [0.3, 0.4) is 0 Å². The van der Waals surface area contributed by atoms with Crippen molar-refractivity contribution < 1.29 is 4.79 Å². The van der Waals surface area contributed by atoms with Gasteiger partial charge in [-0.3, -0.25) is 4.79 Å². The Morgan fingerprint density at radius 1 is 1.20 bits per heavy atom. The van der Waals surface area contributed by atoms with Gasteiger partial charge in [-0.2, -0.15) is 0 Å². The predicted molar refractivity (Wildman–Crippen MR) is 111 cm³/mol. The fourth-order valence-electron chi connectivity index (χ4n) is 2.89. The standard InChI is InChI=1S/C19H22BrN3OS/c1-14-13-15(3-6-17(14)23-11-9-22(2)10-12-23)21-19(24)8-5-16-4-7-18(20)25-16/h3-8,13H,9-12H2,1-2H3,(H,21,24)/b8-5+. The molecule has 0 radical (unpaired) electrons. The van der Waals surface area contributed by atoms with Crippen LogP contribution in [0.5, 0.6) is 0 Å². The first kappa shape index (κ1) is 18.2. The first-order valence-electron chi connectivity index (χ1n) is 8.30. The molecule has 0 atom stereocenters. The Morgan fingerprint density at radius 2 is 1.96 bits per heavy atom. The van der Waals surface area contributed by atoms with E-state index in [-0.39, 0.29) is 5.91 Å². The van der Waals surface area contributed by atoms with Crippen LogP contribution >= 0.6 is 27.3 Å². The summed E-state index contributed by atoms with van der Waals surface area (Å²) in [4.78, 5) is 17.9. The molecule has 1 aromatic carbocycles. The first-order valence-corrected chi connectivity index (χ1v) is 9.91. The molecule has 1 N–H and O–H groups in total. The highest BCUT2D eigenvalue weighted by Gasteiger charge is 2.16. The molecular weight excluding hydrogens is 398 g/mol. The van der Waals surface area contributed by atoms with Crippen LogP contribution in [0.2, 0.25) is 0 Å². The molecule has 0 spiro atoms. The van der Waals surface area contributed by atoms with Gasteiger partial charge in [0.2, 0.25) is 5.91 Å². The Morgan fingerprint density at radius 3 is 2.60 bits per heavy atom. The highest BCUT2D eigenvalue weighted by atomic mass is 79.9. The highest BCUT2D eigenvalue weighted by Crippen LogP contribution is 2.25. The van der Waals surface area contributed by atoms with Gasteiger partial charge in [0.25, 0.3) is 0 Å². The second kappa shape index (κ2) is 8.17. The number of hydrogen-bond acceptors (Lipinski definition) is 4. The van der Waals surface area contributed by atoms with Crippen molar-refractivity contribution in [3.05, 3.63) is 50.6 Å².